The molecule has 3 nitrogen and oxygen atoms in total. The molecular weight excluding hydrogens is 232 g/mol. The molecule has 0 aromatic carbocycles. The summed E-state index contributed by atoms with van der Waals surface area (Å²) >= 11 is 0. The number of rotatable bonds is 2. The first kappa shape index (κ1) is 14.6. The largest absolute Gasteiger partial charge is 0.413 e. The molecule has 0 amide bonds. The first-order chi connectivity index (χ1) is 7.62. The van der Waals surface area contributed by atoms with Gasteiger partial charge < -0.3 is 9.53 Å². The molecule has 0 saturated carbocycles. The van der Waals surface area contributed by atoms with Crippen molar-refractivity contribution in [2.75, 3.05) is 0 Å². The Bertz CT molecular complexity index is 315. The van der Waals surface area contributed by atoms with Crippen LogP contribution in [0.15, 0.2) is 12.2 Å². The highest BCUT2D eigenvalue weighted by Crippen LogP contribution is 2.38. The molecule has 0 aliphatic heterocycles. The van der Waals surface area contributed by atoms with Crippen LogP contribution in [0.25, 0.3) is 0 Å². The summed E-state index contributed by atoms with van der Waals surface area (Å²) in [5.74, 6) is 0.0465. The van der Waals surface area contributed by atoms with Gasteiger partial charge in [0.25, 0.3) is 0 Å². The molecule has 1 aliphatic carbocycles. The fraction of sp³-hybridized carbons (Fsp3) is 0.769. The molecule has 0 saturated heterocycles. The fourth-order valence-corrected chi connectivity index (χ4v) is 2.99. The third kappa shape index (κ3) is 4.05. The van der Waals surface area contributed by atoms with E-state index in [0.717, 1.165) is 0 Å². The van der Waals surface area contributed by atoms with Crippen molar-refractivity contribution >= 4 is 14.1 Å². The van der Waals surface area contributed by atoms with Gasteiger partial charge in [-0.25, -0.2) is 0 Å². The van der Waals surface area contributed by atoms with Crippen molar-refractivity contribution in [2.45, 2.75) is 64.0 Å². The minimum Gasteiger partial charge on any atom is -0.413 e. The summed E-state index contributed by atoms with van der Waals surface area (Å²) in [5.41, 5.74) is 0. The first-order valence-corrected chi connectivity index (χ1v) is 9.09. The Kier molecular flexibility index (Phi) is 4.33. The van der Waals surface area contributed by atoms with E-state index in [0.29, 0.717) is 12.8 Å². The van der Waals surface area contributed by atoms with Crippen molar-refractivity contribution in [3.05, 3.63) is 12.2 Å². The normalized spacial score (nSPS) is 27.1. The van der Waals surface area contributed by atoms with Crippen LogP contribution in [-0.4, -0.2) is 31.4 Å². The zero-order valence-electron chi connectivity index (χ0n) is 11.5. The molecular formula is C13H24O3Si. The van der Waals surface area contributed by atoms with E-state index in [1.807, 2.05) is 0 Å². The molecule has 4 heteroatoms. The van der Waals surface area contributed by atoms with Crippen LogP contribution in [0, 0.1) is 0 Å². The number of hydrogen-bond donors (Lipinski definition) is 1. The molecule has 1 aliphatic rings. The van der Waals surface area contributed by atoms with Gasteiger partial charge in [0.05, 0.1) is 12.2 Å². The predicted octanol–water partition coefficient (Wildman–Crippen LogP) is 2.66. The van der Waals surface area contributed by atoms with Crippen molar-refractivity contribution in [1.82, 2.24) is 0 Å². The number of ketones is 1. The lowest BCUT2D eigenvalue weighted by atomic mass is 10.1. The van der Waals surface area contributed by atoms with Gasteiger partial charge in [-0.05, 0) is 24.2 Å². The van der Waals surface area contributed by atoms with Crippen LogP contribution in [0.4, 0.5) is 0 Å². The Morgan fingerprint density at radius 3 is 2.53 bits per heavy atom. The Morgan fingerprint density at radius 2 is 2.00 bits per heavy atom. The Morgan fingerprint density at radius 1 is 1.41 bits per heavy atom. The molecule has 0 fully saturated rings. The first-order valence-electron chi connectivity index (χ1n) is 6.19. The Hall–Kier alpha value is -0.453. The smallest absolute Gasteiger partial charge is 0.192 e. The van der Waals surface area contributed by atoms with Gasteiger partial charge in [-0.2, -0.15) is 0 Å². The second-order valence-electron chi connectivity index (χ2n) is 6.33. The number of carbonyl (C=O) groups excluding carboxylic acids is 1. The fourth-order valence-electron chi connectivity index (χ4n) is 1.63. The molecule has 0 bridgehead atoms. The maximum Gasteiger partial charge on any atom is 0.192 e. The summed E-state index contributed by atoms with van der Waals surface area (Å²) in [7, 11) is -1.86. The van der Waals surface area contributed by atoms with Gasteiger partial charge in [-0.15, -0.1) is 0 Å². The van der Waals surface area contributed by atoms with Crippen LogP contribution >= 0.6 is 0 Å². The van der Waals surface area contributed by atoms with Crippen molar-refractivity contribution in [3.8, 4) is 0 Å². The molecule has 1 rings (SSSR count). The Balaban J connectivity index is 2.72. The van der Waals surface area contributed by atoms with E-state index in [-0.39, 0.29) is 16.9 Å². The lowest BCUT2D eigenvalue weighted by Crippen LogP contribution is -2.44. The molecule has 0 aromatic heterocycles. The van der Waals surface area contributed by atoms with Gasteiger partial charge in [-0.1, -0.05) is 26.8 Å². The summed E-state index contributed by atoms with van der Waals surface area (Å²) in [5, 5.41) is 9.80. The highest BCUT2D eigenvalue weighted by atomic mass is 28.4. The third-order valence-electron chi connectivity index (χ3n) is 3.70. The maximum atomic E-state index is 11.5. The van der Waals surface area contributed by atoms with Crippen LogP contribution < -0.4 is 0 Å². The molecule has 1 N–H and O–H groups in total. The standard InChI is InChI=1S/C13H24O3Si/c1-13(2,3)17(4,5)16-12-8-10(14)6-7-11(15)9-12/h6-7,10,12,14H,8-9H2,1-5H3/t10-,12-/m1/s1. The molecule has 0 aromatic rings. The number of aliphatic hydroxyl groups is 1. The van der Waals surface area contributed by atoms with Gasteiger partial charge in [0, 0.05) is 12.8 Å². The van der Waals surface area contributed by atoms with E-state index in [9.17, 15) is 9.90 Å². The van der Waals surface area contributed by atoms with Crippen LogP contribution in [0.1, 0.15) is 33.6 Å². The highest BCUT2D eigenvalue weighted by molar-refractivity contribution is 6.74. The van der Waals surface area contributed by atoms with Crippen LogP contribution in [-0.2, 0) is 9.22 Å². The van der Waals surface area contributed by atoms with Gasteiger partial charge in [-0.3, -0.25) is 4.79 Å². The van der Waals surface area contributed by atoms with Gasteiger partial charge in [0.2, 0.25) is 0 Å². The molecule has 17 heavy (non-hydrogen) atoms. The van der Waals surface area contributed by atoms with Crippen LogP contribution in [0.5, 0.6) is 0 Å². The van der Waals surface area contributed by atoms with Crippen molar-refractivity contribution < 1.29 is 14.3 Å². The Labute approximate surface area is 105 Å². The van der Waals surface area contributed by atoms with Gasteiger partial charge >= 0.3 is 0 Å². The second-order valence-corrected chi connectivity index (χ2v) is 11.1. The number of aliphatic hydroxyl groups excluding tert-OH is 1. The molecule has 0 unspecified atom stereocenters. The minimum atomic E-state index is -1.86. The maximum absolute atomic E-state index is 11.5. The predicted molar refractivity (Wildman–Crippen MR) is 71.5 cm³/mol. The van der Waals surface area contributed by atoms with E-state index in [1.165, 1.54) is 6.08 Å². The lowest BCUT2D eigenvalue weighted by Gasteiger charge is -2.39. The van der Waals surface area contributed by atoms with Crippen molar-refractivity contribution in [2.24, 2.45) is 0 Å². The summed E-state index contributed by atoms with van der Waals surface area (Å²) < 4.78 is 6.18. The van der Waals surface area contributed by atoms with Crippen LogP contribution in [0.3, 0.4) is 0 Å². The number of hydrogen-bond acceptors (Lipinski definition) is 3. The zero-order chi connectivity index (χ0) is 13.3. The average Bonchev–Trinajstić information content (AvgIpc) is 2.25. The summed E-state index contributed by atoms with van der Waals surface area (Å²) in [6.45, 7) is 10.9. The van der Waals surface area contributed by atoms with Crippen molar-refractivity contribution in [3.63, 3.8) is 0 Å². The molecule has 98 valence electrons. The SMILES string of the molecule is CC(C)(C)[Si](C)(C)O[C@H]1CC(=O)C=C[C@@H](O)C1. The van der Waals surface area contributed by atoms with E-state index < -0.39 is 14.4 Å². The second kappa shape index (κ2) is 5.04. The summed E-state index contributed by atoms with van der Waals surface area (Å²) in [4.78, 5) is 11.5. The number of carbonyl (C=O) groups is 1. The zero-order valence-corrected chi connectivity index (χ0v) is 12.5. The third-order valence-corrected chi connectivity index (χ3v) is 8.24. The quantitative estimate of drug-likeness (QED) is 0.773. The van der Waals surface area contributed by atoms with E-state index in [1.54, 1.807) is 6.08 Å². The van der Waals surface area contributed by atoms with Crippen LogP contribution in [0.2, 0.25) is 18.1 Å². The molecule has 0 spiro atoms. The highest BCUT2D eigenvalue weighted by Gasteiger charge is 2.39. The summed E-state index contributed by atoms with van der Waals surface area (Å²) in [6.07, 6.45) is 3.25. The van der Waals surface area contributed by atoms with Crippen molar-refractivity contribution in [1.29, 1.82) is 0 Å². The topological polar surface area (TPSA) is 46.5 Å². The molecule has 2 atom stereocenters. The average molecular weight is 256 g/mol. The van der Waals surface area contributed by atoms with Gasteiger partial charge in [0.1, 0.15) is 0 Å². The molecule has 0 heterocycles. The minimum absolute atomic E-state index is 0.0465. The summed E-state index contributed by atoms with van der Waals surface area (Å²) in [6, 6.07) is 0. The van der Waals surface area contributed by atoms with E-state index in [4.69, 9.17) is 4.43 Å². The number of allylic oxidation sites excluding steroid dienone is 1. The van der Waals surface area contributed by atoms with E-state index >= 15 is 0 Å². The molecule has 0 radical (unpaired) electrons. The monoisotopic (exact) mass is 256 g/mol. The lowest BCUT2D eigenvalue weighted by molar-refractivity contribution is -0.116. The van der Waals surface area contributed by atoms with E-state index in [2.05, 4.69) is 33.9 Å². The van der Waals surface area contributed by atoms with Gasteiger partial charge in [0.15, 0.2) is 14.1 Å².